The Morgan fingerprint density at radius 3 is 1.79 bits per heavy atom. The Morgan fingerprint density at radius 2 is 1.29 bits per heavy atom. The molecule has 4 unspecified atom stereocenters. The van der Waals surface area contributed by atoms with Crippen LogP contribution in [0.4, 0.5) is 0 Å². The molecule has 38 heavy (non-hydrogen) atoms. The van der Waals surface area contributed by atoms with Gasteiger partial charge in [-0.05, 0) is 41.9 Å². The number of nitrogens with one attached hydrogen (secondary N) is 3. The largest absolute Gasteiger partial charge is 0.480 e. The first kappa shape index (κ1) is 30.9. The Balaban J connectivity index is 2.18. The molecule has 4 atom stereocenters. The fourth-order valence-corrected chi connectivity index (χ4v) is 4.31. The number of amides is 3. The maximum absolute atomic E-state index is 13.4. The zero-order valence-electron chi connectivity index (χ0n) is 22.1. The molecule has 0 saturated heterocycles. The molecule has 206 valence electrons. The number of aliphatic carboxylic acids is 1. The predicted octanol–water partition coefficient (Wildman–Crippen LogP) is 1.75. The van der Waals surface area contributed by atoms with Gasteiger partial charge in [0.25, 0.3) is 0 Å². The zero-order valence-corrected chi connectivity index (χ0v) is 22.9. The number of carbonyl (C=O) groups is 4. The van der Waals surface area contributed by atoms with Gasteiger partial charge in [0.05, 0.1) is 6.04 Å². The summed E-state index contributed by atoms with van der Waals surface area (Å²) in [6, 6.07) is 14.5. The van der Waals surface area contributed by atoms with E-state index in [1.165, 1.54) is 11.8 Å². The highest BCUT2D eigenvalue weighted by molar-refractivity contribution is 7.98. The van der Waals surface area contributed by atoms with Gasteiger partial charge in [-0.25, -0.2) is 4.79 Å². The van der Waals surface area contributed by atoms with Crippen LogP contribution in [0.3, 0.4) is 0 Å². The highest BCUT2D eigenvalue weighted by Crippen LogP contribution is 2.09. The maximum atomic E-state index is 13.4. The summed E-state index contributed by atoms with van der Waals surface area (Å²) in [6.45, 7) is 3.38. The van der Waals surface area contributed by atoms with Gasteiger partial charge >= 0.3 is 5.97 Å². The minimum atomic E-state index is -1.16. The van der Waals surface area contributed by atoms with Crippen molar-refractivity contribution in [1.29, 1.82) is 0 Å². The summed E-state index contributed by atoms with van der Waals surface area (Å²) in [5.74, 6) is -2.54. The smallest absolute Gasteiger partial charge is 0.326 e. The Labute approximate surface area is 228 Å². The van der Waals surface area contributed by atoms with Crippen LogP contribution in [0.2, 0.25) is 0 Å². The van der Waals surface area contributed by atoms with E-state index in [1.54, 1.807) is 13.8 Å². The summed E-state index contributed by atoms with van der Waals surface area (Å²) in [7, 11) is 0. The highest BCUT2D eigenvalue weighted by atomic mass is 32.2. The number of carboxylic acids is 1. The minimum absolute atomic E-state index is 0.152. The van der Waals surface area contributed by atoms with E-state index in [-0.39, 0.29) is 12.3 Å². The molecular weight excluding hydrogens is 504 g/mol. The molecule has 0 fully saturated rings. The quantitative estimate of drug-likeness (QED) is 0.230. The second kappa shape index (κ2) is 15.8. The molecule has 2 rings (SSSR count). The van der Waals surface area contributed by atoms with Crippen LogP contribution in [0.5, 0.6) is 0 Å². The van der Waals surface area contributed by atoms with Gasteiger partial charge in [-0.2, -0.15) is 11.8 Å². The lowest BCUT2D eigenvalue weighted by molar-refractivity contribution is -0.143. The fourth-order valence-electron chi connectivity index (χ4n) is 3.84. The van der Waals surface area contributed by atoms with Crippen molar-refractivity contribution in [3.63, 3.8) is 0 Å². The monoisotopic (exact) mass is 542 g/mol. The molecule has 9 nitrogen and oxygen atoms in total. The number of carbonyl (C=O) groups excluding carboxylic acids is 3. The van der Waals surface area contributed by atoms with Crippen molar-refractivity contribution in [2.75, 3.05) is 12.0 Å². The van der Waals surface area contributed by atoms with E-state index < -0.39 is 47.9 Å². The second-order valence-corrected chi connectivity index (χ2v) is 10.4. The number of carboxylic acid groups (broad SMARTS) is 1. The number of benzene rings is 2. The van der Waals surface area contributed by atoms with E-state index in [4.69, 9.17) is 5.73 Å². The third-order valence-electron chi connectivity index (χ3n) is 6.02. The zero-order chi connectivity index (χ0) is 28.1. The number of rotatable bonds is 15. The van der Waals surface area contributed by atoms with Crippen LogP contribution in [0.25, 0.3) is 0 Å². The summed E-state index contributed by atoms with van der Waals surface area (Å²) in [4.78, 5) is 51.0. The van der Waals surface area contributed by atoms with Gasteiger partial charge in [0.1, 0.15) is 18.1 Å². The first-order valence-corrected chi connectivity index (χ1v) is 14.0. The molecule has 0 aliphatic heterocycles. The Kier molecular flexibility index (Phi) is 12.8. The first-order chi connectivity index (χ1) is 18.1. The summed E-state index contributed by atoms with van der Waals surface area (Å²) < 4.78 is 0. The average molecular weight is 543 g/mol. The Bertz CT molecular complexity index is 1050. The molecule has 0 aromatic heterocycles. The number of hydrogen-bond donors (Lipinski definition) is 5. The van der Waals surface area contributed by atoms with Crippen molar-refractivity contribution in [2.45, 2.75) is 57.3 Å². The molecule has 3 amide bonds. The summed E-state index contributed by atoms with van der Waals surface area (Å²) in [5.41, 5.74) is 7.81. The van der Waals surface area contributed by atoms with Crippen molar-refractivity contribution >= 4 is 35.5 Å². The van der Waals surface area contributed by atoms with Crippen LogP contribution in [0.1, 0.15) is 31.4 Å². The molecule has 0 aliphatic carbocycles. The minimum Gasteiger partial charge on any atom is -0.480 e. The molecule has 2 aromatic rings. The molecule has 0 radical (unpaired) electrons. The van der Waals surface area contributed by atoms with Crippen LogP contribution in [-0.4, -0.2) is 65.0 Å². The van der Waals surface area contributed by atoms with E-state index >= 15 is 0 Å². The number of thioether (sulfide) groups is 1. The molecule has 0 aliphatic rings. The molecule has 0 heterocycles. The van der Waals surface area contributed by atoms with Crippen molar-refractivity contribution < 1.29 is 24.3 Å². The van der Waals surface area contributed by atoms with Crippen LogP contribution in [0.15, 0.2) is 60.7 Å². The van der Waals surface area contributed by atoms with Gasteiger partial charge in [0, 0.05) is 6.42 Å². The second-order valence-electron chi connectivity index (χ2n) is 9.46. The molecule has 10 heteroatoms. The molecule has 6 N–H and O–H groups in total. The van der Waals surface area contributed by atoms with Crippen molar-refractivity contribution in [3.05, 3.63) is 71.8 Å². The molecule has 0 saturated carbocycles. The lowest BCUT2D eigenvalue weighted by Gasteiger charge is -2.26. The van der Waals surface area contributed by atoms with Gasteiger partial charge in [-0.3, -0.25) is 14.4 Å². The van der Waals surface area contributed by atoms with Gasteiger partial charge in [-0.15, -0.1) is 0 Å². The Morgan fingerprint density at radius 1 is 0.789 bits per heavy atom. The number of nitrogens with two attached hydrogens (primary N) is 1. The van der Waals surface area contributed by atoms with Crippen molar-refractivity contribution in [1.82, 2.24) is 16.0 Å². The van der Waals surface area contributed by atoms with E-state index in [1.807, 2.05) is 66.9 Å². The first-order valence-electron chi connectivity index (χ1n) is 12.6. The maximum Gasteiger partial charge on any atom is 0.326 e. The van der Waals surface area contributed by atoms with Gasteiger partial charge < -0.3 is 26.8 Å². The lowest BCUT2D eigenvalue weighted by Crippen LogP contribution is -2.58. The molecular formula is C28H38N4O5S. The average Bonchev–Trinajstić information content (AvgIpc) is 2.89. The van der Waals surface area contributed by atoms with Crippen LogP contribution in [-0.2, 0) is 32.0 Å². The summed E-state index contributed by atoms with van der Waals surface area (Å²) >= 11 is 1.52. The third-order valence-corrected chi connectivity index (χ3v) is 6.67. The van der Waals surface area contributed by atoms with Crippen molar-refractivity contribution in [2.24, 2.45) is 11.7 Å². The number of hydrogen-bond acceptors (Lipinski definition) is 6. The topological polar surface area (TPSA) is 151 Å². The molecule has 0 bridgehead atoms. The van der Waals surface area contributed by atoms with E-state index in [0.717, 1.165) is 11.1 Å². The standard InChI is InChI=1S/C28H38N4O5S/c1-18(2)24(28(36)37)32-27(35)23(17-20-12-8-5-9-13-20)31-26(34)22(14-15-38-3)30-25(33)21(29)16-19-10-6-4-7-11-19/h4-13,18,21-24H,14-17,29H2,1-3H3,(H,30,33)(H,31,34)(H,32,35)(H,36,37). The molecule has 0 spiro atoms. The highest BCUT2D eigenvalue weighted by Gasteiger charge is 2.31. The van der Waals surface area contributed by atoms with Gasteiger partial charge in [0.15, 0.2) is 0 Å². The van der Waals surface area contributed by atoms with Gasteiger partial charge in [-0.1, -0.05) is 74.5 Å². The molecule has 2 aromatic carbocycles. The SMILES string of the molecule is CSCCC(NC(=O)C(N)Cc1ccccc1)C(=O)NC(Cc1ccccc1)C(=O)NC(C(=O)O)C(C)C. The van der Waals surface area contributed by atoms with E-state index in [2.05, 4.69) is 16.0 Å². The summed E-state index contributed by atoms with van der Waals surface area (Å²) in [5, 5.41) is 17.6. The van der Waals surface area contributed by atoms with Crippen LogP contribution < -0.4 is 21.7 Å². The Hall–Kier alpha value is -3.37. The lowest BCUT2D eigenvalue weighted by atomic mass is 10.0. The van der Waals surface area contributed by atoms with Crippen LogP contribution in [0, 0.1) is 5.92 Å². The third kappa shape index (κ3) is 10.2. The van der Waals surface area contributed by atoms with E-state index in [9.17, 15) is 24.3 Å². The van der Waals surface area contributed by atoms with E-state index in [0.29, 0.717) is 18.6 Å². The van der Waals surface area contributed by atoms with Crippen molar-refractivity contribution in [3.8, 4) is 0 Å². The fraction of sp³-hybridized carbons (Fsp3) is 0.429. The predicted molar refractivity (Wildman–Crippen MR) is 150 cm³/mol. The van der Waals surface area contributed by atoms with Crippen LogP contribution >= 0.6 is 11.8 Å². The summed E-state index contributed by atoms with van der Waals surface area (Å²) in [6.07, 6.45) is 2.69. The van der Waals surface area contributed by atoms with Gasteiger partial charge in [0.2, 0.25) is 17.7 Å². The normalized spacial score (nSPS) is 14.1.